The molecule has 2 rings (SSSR count). The molecule has 0 N–H and O–H groups in total. The van der Waals surface area contributed by atoms with Crippen LogP contribution in [0.2, 0.25) is 0 Å². The standard InChI is InChI=1S/C13H9NO3S/c15-13(7-6-12-5-2-8-18-12)10-3-1-4-11(9-10)14(16)17/h1-9H/b7-6-. The van der Waals surface area contributed by atoms with E-state index in [0.717, 1.165) is 4.88 Å². The first kappa shape index (κ1) is 12.2. The molecule has 0 amide bonds. The van der Waals surface area contributed by atoms with Crippen LogP contribution in [0.25, 0.3) is 6.08 Å². The fourth-order valence-corrected chi connectivity index (χ4v) is 2.03. The highest BCUT2D eigenvalue weighted by Crippen LogP contribution is 2.15. The number of carbonyl (C=O) groups excluding carboxylic acids is 1. The van der Waals surface area contributed by atoms with Gasteiger partial charge in [0.1, 0.15) is 0 Å². The van der Waals surface area contributed by atoms with Crippen molar-refractivity contribution in [3.8, 4) is 0 Å². The van der Waals surface area contributed by atoms with Crippen LogP contribution in [0.5, 0.6) is 0 Å². The van der Waals surface area contributed by atoms with Gasteiger partial charge in [-0.3, -0.25) is 14.9 Å². The van der Waals surface area contributed by atoms with Crippen LogP contribution >= 0.6 is 11.3 Å². The quantitative estimate of drug-likeness (QED) is 0.365. The number of benzene rings is 1. The highest BCUT2D eigenvalue weighted by Gasteiger charge is 2.09. The van der Waals surface area contributed by atoms with E-state index in [-0.39, 0.29) is 11.5 Å². The zero-order valence-corrected chi connectivity index (χ0v) is 10.1. The lowest BCUT2D eigenvalue weighted by Gasteiger charge is -1.95. The van der Waals surface area contributed by atoms with E-state index in [1.54, 1.807) is 12.1 Å². The van der Waals surface area contributed by atoms with Crippen molar-refractivity contribution in [3.63, 3.8) is 0 Å². The Balaban J connectivity index is 2.19. The maximum absolute atomic E-state index is 11.8. The minimum absolute atomic E-state index is 0.0784. The van der Waals surface area contributed by atoms with Crippen molar-refractivity contribution >= 4 is 28.9 Å². The Morgan fingerprint density at radius 3 is 2.78 bits per heavy atom. The van der Waals surface area contributed by atoms with Crippen molar-refractivity contribution < 1.29 is 9.72 Å². The van der Waals surface area contributed by atoms with Crippen LogP contribution in [0.1, 0.15) is 15.2 Å². The lowest BCUT2D eigenvalue weighted by atomic mass is 10.1. The average molecular weight is 259 g/mol. The number of nitro groups is 1. The van der Waals surface area contributed by atoms with E-state index in [2.05, 4.69) is 0 Å². The number of thiophene rings is 1. The summed E-state index contributed by atoms with van der Waals surface area (Å²) in [6, 6.07) is 9.49. The van der Waals surface area contributed by atoms with Crippen LogP contribution < -0.4 is 0 Å². The topological polar surface area (TPSA) is 60.2 Å². The van der Waals surface area contributed by atoms with Gasteiger partial charge in [-0.15, -0.1) is 11.3 Å². The molecule has 1 aromatic carbocycles. The van der Waals surface area contributed by atoms with Crippen LogP contribution in [0, 0.1) is 10.1 Å². The van der Waals surface area contributed by atoms with E-state index in [4.69, 9.17) is 0 Å². The largest absolute Gasteiger partial charge is 0.289 e. The van der Waals surface area contributed by atoms with Gasteiger partial charge in [0.05, 0.1) is 4.92 Å². The van der Waals surface area contributed by atoms with Crippen LogP contribution in [-0.2, 0) is 0 Å². The molecule has 0 saturated carbocycles. The maximum Gasteiger partial charge on any atom is 0.270 e. The number of hydrogen-bond acceptors (Lipinski definition) is 4. The minimum Gasteiger partial charge on any atom is -0.289 e. The molecule has 0 spiro atoms. The average Bonchev–Trinajstić information content (AvgIpc) is 2.89. The van der Waals surface area contributed by atoms with Gasteiger partial charge in [-0.2, -0.15) is 0 Å². The monoisotopic (exact) mass is 259 g/mol. The Kier molecular flexibility index (Phi) is 3.64. The number of ketones is 1. The molecule has 0 aliphatic heterocycles. The second kappa shape index (κ2) is 5.37. The van der Waals surface area contributed by atoms with Crippen molar-refractivity contribution in [2.45, 2.75) is 0 Å². The SMILES string of the molecule is O=C(/C=C\c1cccs1)c1cccc([N+](=O)[O-])c1. The van der Waals surface area contributed by atoms with Gasteiger partial charge in [-0.25, -0.2) is 0 Å². The molecule has 0 bridgehead atoms. The zero-order chi connectivity index (χ0) is 13.0. The molecular formula is C13H9NO3S. The van der Waals surface area contributed by atoms with Gasteiger partial charge in [-0.05, 0) is 23.6 Å². The predicted molar refractivity (Wildman–Crippen MR) is 70.8 cm³/mol. The molecular weight excluding hydrogens is 250 g/mol. The second-order valence-electron chi connectivity index (χ2n) is 3.52. The van der Waals surface area contributed by atoms with Crippen molar-refractivity contribution in [2.24, 2.45) is 0 Å². The molecule has 1 heterocycles. The molecule has 0 saturated heterocycles. The van der Waals surface area contributed by atoms with Crippen molar-refractivity contribution in [1.29, 1.82) is 0 Å². The summed E-state index contributed by atoms with van der Waals surface area (Å²) in [6.07, 6.45) is 3.12. The predicted octanol–water partition coefficient (Wildman–Crippen LogP) is 3.55. The molecule has 0 radical (unpaired) electrons. The molecule has 0 atom stereocenters. The smallest absolute Gasteiger partial charge is 0.270 e. The van der Waals surface area contributed by atoms with E-state index in [0.29, 0.717) is 5.56 Å². The van der Waals surface area contributed by atoms with Crippen LogP contribution in [-0.4, -0.2) is 10.7 Å². The van der Waals surface area contributed by atoms with Gasteiger partial charge in [0.2, 0.25) is 0 Å². The van der Waals surface area contributed by atoms with E-state index in [1.165, 1.54) is 35.6 Å². The molecule has 90 valence electrons. The Bertz CT molecular complexity index is 602. The summed E-state index contributed by atoms with van der Waals surface area (Å²) in [7, 11) is 0. The van der Waals surface area contributed by atoms with Gasteiger partial charge in [0.25, 0.3) is 5.69 Å². The molecule has 0 aliphatic carbocycles. The normalized spacial score (nSPS) is 10.7. The number of nitrogens with zero attached hydrogens (tertiary/aromatic N) is 1. The molecule has 1 aromatic heterocycles. The van der Waals surface area contributed by atoms with Crippen molar-refractivity contribution in [3.05, 3.63) is 68.4 Å². The number of hydrogen-bond donors (Lipinski definition) is 0. The second-order valence-corrected chi connectivity index (χ2v) is 4.50. The first-order chi connectivity index (χ1) is 8.66. The van der Waals surface area contributed by atoms with Crippen LogP contribution in [0.3, 0.4) is 0 Å². The number of non-ortho nitro benzene ring substituents is 1. The summed E-state index contributed by atoms with van der Waals surface area (Å²) in [6.45, 7) is 0. The van der Waals surface area contributed by atoms with E-state index >= 15 is 0 Å². The van der Waals surface area contributed by atoms with Crippen LogP contribution in [0.4, 0.5) is 5.69 Å². The number of carbonyl (C=O) groups is 1. The third-order valence-electron chi connectivity index (χ3n) is 2.28. The maximum atomic E-state index is 11.8. The minimum atomic E-state index is -0.514. The van der Waals surface area contributed by atoms with Crippen molar-refractivity contribution in [1.82, 2.24) is 0 Å². The lowest BCUT2D eigenvalue weighted by molar-refractivity contribution is -0.384. The fraction of sp³-hybridized carbons (Fsp3) is 0. The van der Waals surface area contributed by atoms with Gasteiger partial charge in [0.15, 0.2) is 5.78 Å². The molecule has 0 fully saturated rings. The van der Waals surface area contributed by atoms with Crippen molar-refractivity contribution in [2.75, 3.05) is 0 Å². The summed E-state index contributed by atoms with van der Waals surface area (Å²) in [5.41, 5.74) is 0.238. The van der Waals surface area contributed by atoms with Gasteiger partial charge < -0.3 is 0 Å². The first-order valence-electron chi connectivity index (χ1n) is 5.17. The van der Waals surface area contributed by atoms with Gasteiger partial charge in [0, 0.05) is 22.6 Å². The Morgan fingerprint density at radius 1 is 1.28 bits per heavy atom. The Labute approximate surface area is 107 Å². The highest BCUT2D eigenvalue weighted by atomic mass is 32.1. The van der Waals surface area contributed by atoms with E-state index in [9.17, 15) is 14.9 Å². The lowest BCUT2D eigenvalue weighted by Crippen LogP contribution is -1.96. The van der Waals surface area contributed by atoms with Gasteiger partial charge in [-0.1, -0.05) is 18.2 Å². The Hall–Kier alpha value is -2.27. The molecule has 5 heteroatoms. The summed E-state index contributed by atoms with van der Waals surface area (Å²) < 4.78 is 0. The van der Waals surface area contributed by atoms with Gasteiger partial charge >= 0.3 is 0 Å². The summed E-state index contributed by atoms with van der Waals surface area (Å²) in [5.74, 6) is -0.243. The Morgan fingerprint density at radius 2 is 2.11 bits per heavy atom. The van der Waals surface area contributed by atoms with Crippen LogP contribution in [0.15, 0.2) is 47.9 Å². The third-order valence-corrected chi connectivity index (χ3v) is 3.12. The van der Waals surface area contributed by atoms with E-state index in [1.807, 2.05) is 17.5 Å². The number of allylic oxidation sites excluding steroid dienone is 1. The molecule has 0 aliphatic rings. The zero-order valence-electron chi connectivity index (χ0n) is 9.28. The molecule has 4 nitrogen and oxygen atoms in total. The first-order valence-corrected chi connectivity index (χ1v) is 6.05. The number of nitro benzene ring substituents is 1. The summed E-state index contributed by atoms with van der Waals surface area (Å²) in [4.78, 5) is 22.9. The third kappa shape index (κ3) is 2.89. The fourth-order valence-electron chi connectivity index (χ4n) is 1.41. The molecule has 0 unspecified atom stereocenters. The van der Waals surface area contributed by atoms with E-state index < -0.39 is 4.92 Å². The summed E-state index contributed by atoms with van der Waals surface area (Å²) in [5, 5.41) is 12.5. The molecule has 2 aromatic rings. The highest BCUT2D eigenvalue weighted by molar-refractivity contribution is 7.10. The summed E-state index contributed by atoms with van der Waals surface area (Å²) >= 11 is 1.52. The number of rotatable bonds is 4. The molecule has 18 heavy (non-hydrogen) atoms.